The van der Waals surface area contributed by atoms with Crippen LogP contribution in [0.5, 0.6) is 5.88 Å². The lowest BCUT2D eigenvalue weighted by Gasteiger charge is -2.09. The first-order valence-electron chi connectivity index (χ1n) is 10.5. The summed E-state index contributed by atoms with van der Waals surface area (Å²) < 4.78 is 5.79. The highest BCUT2D eigenvalue weighted by Gasteiger charge is 2.10. The molecule has 0 saturated heterocycles. The number of amides is 2. The number of hydrogen-bond donors (Lipinski definition) is 5. The smallest absolute Gasteiger partial charge is 0.251 e. The molecule has 0 spiro atoms. The van der Waals surface area contributed by atoms with Crippen molar-refractivity contribution in [1.29, 1.82) is 0 Å². The van der Waals surface area contributed by atoms with Gasteiger partial charge in [-0.25, -0.2) is 4.98 Å². The van der Waals surface area contributed by atoms with Gasteiger partial charge >= 0.3 is 0 Å². The van der Waals surface area contributed by atoms with Crippen molar-refractivity contribution in [3.05, 3.63) is 71.5 Å². The summed E-state index contributed by atoms with van der Waals surface area (Å²) in [7, 11) is 0. The fourth-order valence-corrected chi connectivity index (χ4v) is 3.35. The van der Waals surface area contributed by atoms with Crippen molar-refractivity contribution < 1.29 is 14.3 Å². The van der Waals surface area contributed by atoms with Crippen LogP contribution in [0.2, 0.25) is 0 Å². The number of imidazole rings is 1. The molecule has 0 aliphatic heterocycles. The Kier molecular flexibility index (Phi) is 7.23. The van der Waals surface area contributed by atoms with Gasteiger partial charge in [0.05, 0.1) is 6.33 Å². The fraction of sp³-hybridized carbons (Fsp3) is 0.174. The van der Waals surface area contributed by atoms with Gasteiger partial charge in [-0.3, -0.25) is 9.59 Å². The summed E-state index contributed by atoms with van der Waals surface area (Å²) in [6.45, 7) is 0.658. The molecule has 10 nitrogen and oxygen atoms in total. The number of hydrogen-bond acceptors (Lipinski definition) is 8. The second-order valence-electron chi connectivity index (χ2n) is 7.38. The Morgan fingerprint density at radius 2 is 1.76 bits per heavy atom. The third kappa shape index (κ3) is 5.81. The summed E-state index contributed by atoms with van der Waals surface area (Å²) in [6.07, 6.45) is 1.84. The van der Waals surface area contributed by atoms with E-state index in [2.05, 4.69) is 43.2 Å². The van der Waals surface area contributed by atoms with Gasteiger partial charge < -0.3 is 26.1 Å². The number of aromatic nitrogens is 4. The molecule has 0 bridgehead atoms. The zero-order valence-electron chi connectivity index (χ0n) is 18.1. The Hall–Kier alpha value is -4.12. The molecule has 0 unspecified atom stereocenters. The predicted molar refractivity (Wildman–Crippen MR) is 132 cm³/mol. The van der Waals surface area contributed by atoms with Crippen molar-refractivity contribution >= 4 is 47.2 Å². The molecule has 0 saturated carbocycles. The quantitative estimate of drug-likeness (QED) is 0.233. The number of rotatable bonds is 9. The van der Waals surface area contributed by atoms with E-state index in [1.165, 1.54) is 6.33 Å². The second-order valence-corrected chi connectivity index (χ2v) is 7.82. The fourth-order valence-electron chi connectivity index (χ4n) is 3.15. The average molecular weight is 478 g/mol. The predicted octanol–water partition coefficient (Wildman–Crippen LogP) is 2.70. The minimum Gasteiger partial charge on any atom is -0.471 e. The topological polar surface area (TPSA) is 148 Å². The molecule has 4 aromatic rings. The summed E-state index contributed by atoms with van der Waals surface area (Å²) in [5.74, 6) is 0.589. The van der Waals surface area contributed by atoms with Crippen LogP contribution in [-0.2, 0) is 17.9 Å². The van der Waals surface area contributed by atoms with Gasteiger partial charge in [0.2, 0.25) is 17.7 Å². The van der Waals surface area contributed by atoms with Gasteiger partial charge in [-0.05, 0) is 41.1 Å². The van der Waals surface area contributed by atoms with E-state index < -0.39 is 0 Å². The van der Waals surface area contributed by atoms with Crippen LogP contribution in [0.4, 0.5) is 11.6 Å². The Balaban J connectivity index is 1.28. The molecule has 4 rings (SSSR count). The number of anilines is 2. The van der Waals surface area contributed by atoms with E-state index in [4.69, 9.17) is 10.5 Å². The molecular formula is C23H23N7O3S. The van der Waals surface area contributed by atoms with Crippen LogP contribution >= 0.6 is 12.6 Å². The maximum atomic E-state index is 12.4. The van der Waals surface area contributed by atoms with Crippen LogP contribution in [0, 0.1) is 0 Å². The maximum absolute atomic E-state index is 12.4. The summed E-state index contributed by atoms with van der Waals surface area (Å²) in [4.78, 5) is 39.2. The van der Waals surface area contributed by atoms with Crippen LogP contribution in [0.25, 0.3) is 11.2 Å². The van der Waals surface area contributed by atoms with E-state index in [1.54, 1.807) is 24.3 Å². The molecule has 0 aliphatic carbocycles. The van der Waals surface area contributed by atoms with Gasteiger partial charge in [-0.2, -0.15) is 22.6 Å². The van der Waals surface area contributed by atoms with Gasteiger partial charge in [0.1, 0.15) is 12.1 Å². The van der Waals surface area contributed by atoms with E-state index >= 15 is 0 Å². The van der Waals surface area contributed by atoms with Crippen LogP contribution < -0.4 is 21.1 Å². The van der Waals surface area contributed by atoms with Crippen molar-refractivity contribution in [2.24, 2.45) is 0 Å². The van der Waals surface area contributed by atoms with Gasteiger partial charge in [0.25, 0.3) is 5.91 Å². The summed E-state index contributed by atoms with van der Waals surface area (Å²) >= 11 is 4.03. The molecule has 2 heterocycles. The number of aromatic amines is 1. The van der Waals surface area contributed by atoms with Crippen molar-refractivity contribution in [1.82, 2.24) is 25.3 Å². The summed E-state index contributed by atoms with van der Waals surface area (Å²) in [5, 5.41) is 5.64. The number of carbonyl (C=O) groups is 2. The Labute approximate surface area is 200 Å². The molecular weight excluding hydrogens is 454 g/mol. The van der Waals surface area contributed by atoms with E-state index in [0.29, 0.717) is 47.0 Å². The number of nitrogens with one attached hydrogen (secondary N) is 3. The van der Waals surface area contributed by atoms with Crippen LogP contribution in [0.15, 0.2) is 54.9 Å². The molecule has 2 aromatic heterocycles. The molecule has 174 valence electrons. The highest BCUT2D eigenvalue weighted by molar-refractivity contribution is 7.80. The maximum Gasteiger partial charge on any atom is 0.251 e. The zero-order valence-corrected chi connectivity index (χ0v) is 19.0. The number of H-pyrrole nitrogens is 1. The van der Waals surface area contributed by atoms with Crippen LogP contribution in [-0.4, -0.2) is 37.5 Å². The van der Waals surface area contributed by atoms with Crippen molar-refractivity contribution in [3.63, 3.8) is 0 Å². The number of nitrogens with two attached hydrogens (primary N) is 1. The van der Waals surface area contributed by atoms with E-state index in [-0.39, 0.29) is 24.4 Å². The Morgan fingerprint density at radius 3 is 2.50 bits per heavy atom. The third-order valence-corrected chi connectivity index (χ3v) is 5.11. The first-order valence-corrected chi connectivity index (χ1v) is 11.1. The molecule has 0 fully saturated rings. The molecule has 0 atom stereocenters. The molecule has 2 amide bonds. The van der Waals surface area contributed by atoms with E-state index in [0.717, 1.165) is 11.1 Å². The minimum atomic E-state index is -0.203. The molecule has 34 heavy (non-hydrogen) atoms. The number of fused-ring (bicyclic) bond motifs is 1. The van der Waals surface area contributed by atoms with Gasteiger partial charge in [0.15, 0.2) is 5.65 Å². The lowest BCUT2D eigenvalue weighted by Crippen LogP contribution is -2.22. The minimum absolute atomic E-state index is 0.0913. The first-order chi connectivity index (χ1) is 16.5. The molecule has 11 heteroatoms. The summed E-state index contributed by atoms with van der Waals surface area (Å²) in [6, 6.07) is 14.4. The summed E-state index contributed by atoms with van der Waals surface area (Å²) in [5.41, 5.74) is 9.74. The Morgan fingerprint density at radius 1 is 1.03 bits per heavy atom. The number of ether oxygens (including phenoxy) is 1. The highest BCUT2D eigenvalue weighted by atomic mass is 32.1. The van der Waals surface area contributed by atoms with E-state index in [9.17, 15) is 9.59 Å². The van der Waals surface area contributed by atoms with Crippen molar-refractivity contribution in [2.45, 2.75) is 19.6 Å². The largest absolute Gasteiger partial charge is 0.471 e. The molecule has 0 aliphatic rings. The zero-order chi connectivity index (χ0) is 23.9. The number of thiol groups is 1. The normalized spacial score (nSPS) is 10.7. The lowest BCUT2D eigenvalue weighted by atomic mass is 10.1. The highest BCUT2D eigenvalue weighted by Crippen LogP contribution is 2.21. The van der Waals surface area contributed by atoms with Gasteiger partial charge in [-0.15, -0.1) is 0 Å². The average Bonchev–Trinajstić information content (AvgIpc) is 3.31. The molecule has 2 aromatic carbocycles. The van der Waals surface area contributed by atoms with Crippen LogP contribution in [0.1, 0.15) is 27.9 Å². The number of carbonyl (C=O) groups excluding carboxylic acids is 2. The van der Waals surface area contributed by atoms with Crippen molar-refractivity contribution in [2.75, 3.05) is 16.8 Å². The first kappa shape index (κ1) is 23.1. The third-order valence-electron chi connectivity index (χ3n) is 4.89. The van der Waals surface area contributed by atoms with Gasteiger partial charge in [-0.1, -0.05) is 24.3 Å². The number of nitrogens with zero attached hydrogens (tertiary/aromatic N) is 3. The monoisotopic (exact) mass is 477 g/mol. The van der Waals surface area contributed by atoms with Gasteiger partial charge in [0, 0.05) is 24.2 Å². The second kappa shape index (κ2) is 10.7. The molecule has 5 N–H and O–H groups in total. The van der Waals surface area contributed by atoms with Crippen molar-refractivity contribution in [3.8, 4) is 5.88 Å². The Bertz CT molecular complexity index is 1290. The van der Waals surface area contributed by atoms with E-state index in [1.807, 2.05) is 24.3 Å². The standard InChI is InChI=1S/C23H23N7O3S/c24-23-29-20-19(26-13-27-20)22(30-23)33-12-15-3-1-14(2-4-15)11-25-21(32)16-5-7-17(8-6-16)28-18(31)9-10-34/h1-8,13,34H,9-12H2,(H,25,32)(H,28,31)(H3,24,26,27,29,30). The SMILES string of the molecule is Nc1nc(OCc2ccc(CNC(=O)c3ccc(NC(=O)CCS)cc3)cc2)c2[nH]cnc2n1. The lowest BCUT2D eigenvalue weighted by molar-refractivity contribution is -0.115. The molecule has 0 radical (unpaired) electrons. The number of benzene rings is 2. The van der Waals surface area contributed by atoms with Crippen LogP contribution in [0.3, 0.4) is 0 Å². The number of nitrogen functional groups attached to an aromatic ring is 1.